The van der Waals surface area contributed by atoms with Crippen molar-refractivity contribution in [3.05, 3.63) is 42.0 Å². The normalized spacial score (nSPS) is 11.8. The number of aromatic amines is 2. The molecule has 0 spiro atoms. The van der Waals surface area contributed by atoms with Gasteiger partial charge in [-0.2, -0.15) is 0 Å². The van der Waals surface area contributed by atoms with Gasteiger partial charge in [0.2, 0.25) is 0 Å². The van der Waals surface area contributed by atoms with Crippen molar-refractivity contribution in [2.24, 2.45) is 0 Å². The smallest absolute Gasteiger partial charge is 0.157 e. The number of aromatic nitrogens is 5. The Kier molecular flexibility index (Phi) is 2.04. The van der Waals surface area contributed by atoms with E-state index in [1.54, 1.807) is 11.3 Å². The number of pyridine rings is 1. The van der Waals surface area contributed by atoms with Gasteiger partial charge in [0.25, 0.3) is 0 Å². The Hall–Kier alpha value is -2.73. The van der Waals surface area contributed by atoms with Gasteiger partial charge in [-0.3, -0.25) is 0 Å². The second kappa shape index (κ2) is 3.89. The van der Waals surface area contributed by atoms with Gasteiger partial charge in [-0.1, -0.05) is 0 Å². The predicted molar refractivity (Wildman–Crippen MR) is 84.4 cm³/mol. The molecule has 6 heteroatoms. The number of H-pyrrole nitrogens is 2. The molecule has 0 radical (unpaired) electrons. The lowest BCUT2D eigenvalue weighted by Crippen LogP contribution is -1.86. The van der Waals surface area contributed by atoms with E-state index in [-0.39, 0.29) is 0 Å². The van der Waals surface area contributed by atoms with Crippen LogP contribution in [0.25, 0.3) is 43.8 Å². The van der Waals surface area contributed by atoms with Crippen molar-refractivity contribution in [1.29, 1.82) is 0 Å². The summed E-state index contributed by atoms with van der Waals surface area (Å²) in [6, 6.07) is 10.1. The Morgan fingerprint density at radius 1 is 0.952 bits per heavy atom. The molecule has 5 nitrogen and oxygen atoms in total. The fraction of sp³-hybridized carbons (Fsp3) is 0. The molecule has 0 fully saturated rings. The van der Waals surface area contributed by atoms with Crippen LogP contribution in [0.2, 0.25) is 0 Å². The highest BCUT2D eigenvalue weighted by atomic mass is 32.1. The van der Waals surface area contributed by atoms with Crippen molar-refractivity contribution in [1.82, 2.24) is 24.9 Å². The van der Waals surface area contributed by atoms with Gasteiger partial charge in [-0.15, -0.1) is 11.3 Å². The molecule has 5 rings (SSSR count). The number of hydrogen-bond acceptors (Lipinski definition) is 4. The van der Waals surface area contributed by atoms with Gasteiger partial charge in [0, 0.05) is 11.6 Å². The van der Waals surface area contributed by atoms with E-state index in [2.05, 4.69) is 31.0 Å². The second-order valence-corrected chi connectivity index (χ2v) is 5.74. The molecule has 4 aromatic heterocycles. The lowest BCUT2D eigenvalue weighted by molar-refractivity contribution is 1.25. The Balaban J connectivity index is 1.79. The van der Waals surface area contributed by atoms with Crippen molar-refractivity contribution in [2.75, 3.05) is 0 Å². The molecule has 1 aromatic carbocycles. The van der Waals surface area contributed by atoms with Gasteiger partial charge in [0.05, 0.1) is 15.7 Å². The summed E-state index contributed by atoms with van der Waals surface area (Å²) >= 11 is 1.62. The van der Waals surface area contributed by atoms with Crippen molar-refractivity contribution in [2.45, 2.75) is 0 Å². The largest absolute Gasteiger partial charge is 0.346 e. The van der Waals surface area contributed by atoms with Crippen LogP contribution in [-0.2, 0) is 0 Å². The lowest BCUT2D eigenvalue weighted by atomic mass is 10.3. The summed E-state index contributed by atoms with van der Waals surface area (Å²) < 4.78 is 1.15. The zero-order valence-corrected chi connectivity index (χ0v) is 11.6. The summed E-state index contributed by atoms with van der Waals surface area (Å²) in [4.78, 5) is 20.1. The molecule has 0 bridgehead atoms. The number of fused-ring (bicyclic) bond motifs is 4. The third kappa shape index (κ3) is 1.53. The molecule has 0 unspecified atom stereocenters. The van der Waals surface area contributed by atoms with Crippen LogP contribution in [0.15, 0.2) is 42.0 Å². The van der Waals surface area contributed by atoms with Gasteiger partial charge in [-0.05, 0) is 30.3 Å². The summed E-state index contributed by atoms with van der Waals surface area (Å²) in [6.07, 6.45) is 1.89. The molecule has 100 valence electrons. The molecule has 21 heavy (non-hydrogen) atoms. The molecule has 4 heterocycles. The first-order valence-electron chi connectivity index (χ1n) is 6.55. The van der Waals surface area contributed by atoms with Gasteiger partial charge in [0.1, 0.15) is 22.4 Å². The standard InChI is InChI=1S/C15H9N5S/c1-2-10(19-14-8(1)5-6-16-14)15-18-9-3-4-11-13(12(9)20-15)17-7-21-11/h1-7H,(H,16,19)(H,18,20). The molecule has 0 saturated carbocycles. The minimum absolute atomic E-state index is 0.766. The quantitative estimate of drug-likeness (QED) is 0.494. The zero-order chi connectivity index (χ0) is 13.8. The Bertz CT molecular complexity index is 1100. The highest BCUT2D eigenvalue weighted by Crippen LogP contribution is 2.28. The Morgan fingerprint density at radius 3 is 2.95 bits per heavy atom. The number of benzene rings is 1. The number of thiazole rings is 1. The van der Waals surface area contributed by atoms with Crippen LogP contribution < -0.4 is 0 Å². The van der Waals surface area contributed by atoms with E-state index in [0.717, 1.165) is 43.8 Å². The first-order valence-corrected chi connectivity index (χ1v) is 7.43. The molecular weight excluding hydrogens is 282 g/mol. The van der Waals surface area contributed by atoms with Gasteiger partial charge >= 0.3 is 0 Å². The summed E-state index contributed by atoms with van der Waals surface area (Å²) in [5, 5.41) is 1.09. The average Bonchev–Trinajstić information content (AvgIpc) is 3.23. The maximum Gasteiger partial charge on any atom is 0.157 e. The van der Waals surface area contributed by atoms with Crippen molar-refractivity contribution in [3.8, 4) is 11.5 Å². The van der Waals surface area contributed by atoms with Crippen LogP contribution in [0.4, 0.5) is 0 Å². The van der Waals surface area contributed by atoms with Crippen LogP contribution in [0.5, 0.6) is 0 Å². The predicted octanol–water partition coefficient (Wildman–Crippen LogP) is 3.72. The van der Waals surface area contributed by atoms with Crippen LogP contribution in [-0.4, -0.2) is 24.9 Å². The molecule has 0 aliphatic rings. The van der Waals surface area contributed by atoms with Crippen LogP contribution in [0.3, 0.4) is 0 Å². The van der Waals surface area contributed by atoms with Gasteiger partial charge in [-0.25, -0.2) is 15.0 Å². The lowest BCUT2D eigenvalue weighted by Gasteiger charge is -1.95. The molecular formula is C15H9N5S. The fourth-order valence-electron chi connectivity index (χ4n) is 2.58. The molecule has 0 aliphatic heterocycles. The molecule has 0 aliphatic carbocycles. The first-order chi connectivity index (χ1) is 10.4. The van der Waals surface area contributed by atoms with Crippen molar-refractivity contribution < 1.29 is 0 Å². The van der Waals surface area contributed by atoms with Crippen molar-refractivity contribution in [3.63, 3.8) is 0 Å². The van der Waals surface area contributed by atoms with E-state index in [1.807, 2.05) is 36.0 Å². The maximum absolute atomic E-state index is 4.69. The SMILES string of the molecule is c1cc2ccc(-c3nc4c(ccc5scnc54)[nH]3)nc2[nH]1. The Morgan fingerprint density at radius 2 is 1.95 bits per heavy atom. The summed E-state index contributed by atoms with van der Waals surface area (Å²) in [5.74, 6) is 0.766. The van der Waals surface area contributed by atoms with Crippen molar-refractivity contribution >= 4 is 43.6 Å². The van der Waals surface area contributed by atoms with E-state index in [9.17, 15) is 0 Å². The fourth-order valence-corrected chi connectivity index (χ4v) is 3.26. The maximum atomic E-state index is 4.69. The third-order valence-corrected chi connectivity index (χ3v) is 4.40. The summed E-state index contributed by atoms with van der Waals surface area (Å²) in [7, 11) is 0. The van der Waals surface area contributed by atoms with Gasteiger partial charge in [0.15, 0.2) is 5.82 Å². The van der Waals surface area contributed by atoms with Crippen LogP contribution >= 0.6 is 11.3 Å². The molecule has 0 saturated heterocycles. The molecule has 2 N–H and O–H groups in total. The number of hydrogen-bond donors (Lipinski definition) is 2. The second-order valence-electron chi connectivity index (χ2n) is 4.86. The average molecular weight is 291 g/mol. The topological polar surface area (TPSA) is 70.2 Å². The molecule has 0 atom stereocenters. The molecule has 5 aromatic rings. The minimum atomic E-state index is 0.766. The number of rotatable bonds is 1. The summed E-state index contributed by atoms with van der Waals surface area (Å²) in [5.41, 5.74) is 6.37. The van der Waals surface area contributed by atoms with Crippen LogP contribution in [0.1, 0.15) is 0 Å². The van der Waals surface area contributed by atoms with E-state index < -0.39 is 0 Å². The van der Waals surface area contributed by atoms with E-state index in [1.165, 1.54) is 0 Å². The van der Waals surface area contributed by atoms with E-state index >= 15 is 0 Å². The highest BCUT2D eigenvalue weighted by molar-refractivity contribution is 7.16. The summed E-state index contributed by atoms with van der Waals surface area (Å²) in [6.45, 7) is 0. The van der Waals surface area contributed by atoms with E-state index in [0.29, 0.717) is 0 Å². The number of nitrogens with one attached hydrogen (secondary N) is 2. The highest BCUT2D eigenvalue weighted by Gasteiger charge is 2.11. The van der Waals surface area contributed by atoms with E-state index in [4.69, 9.17) is 0 Å². The monoisotopic (exact) mass is 291 g/mol. The third-order valence-electron chi connectivity index (χ3n) is 3.60. The first kappa shape index (κ1) is 11.0. The Labute approximate surface area is 122 Å². The number of imidazole rings is 1. The zero-order valence-electron chi connectivity index (χ0n) is 10.8. The molecule has 0 amide bonds. The van der Waals surface area contributed by atoms with Gasteiger partial charge < -0.3 is 9.97 Å². The number of nitrogens with zero attached hydrogens (tertiary/aromatic N) is 3. The van der Waals surface area contributed by atoms with Crippen LogP contribution in [0, 0.1) is 0 Å². The minimum Gasteiger partial charge on any atom is -0.346 e.